The first-order chi connectivity index (χ1) is 20.2. The third kappa shape index (κ3) is 6.81. The molecule has 224 valence electrons. The Labute approximate surface area is 250 Å². The third-order valence-electron chi connectivity index (χ3n) is 7.17. The highest BCUT2D eigenvalue weighted by Crippen LogP contribution is 2.33. The summed E-state index contributed by atoms with van der Waals surface area (Å²) in [7, 11) is 4.63. The first-order valence-corrected chi connectivity index (χ1v) is 13.7. The molecule has 9 nitrogen and oxygen atoms in total. The Hall–Kier alpha value is -4.83. The highest BCUT2D eigenvalue weighted by Gasteiger charge is 2.20. The number of hydrogen-bond donors (Lipinski definition) is 3. The van der Waals surface area contributed by atoms with Gasteiger partial charge in [-0.1, -0.05) is 57.7 Å². The van der Waals surface area contributed by atoms with E-state index in [-0.39, 0.29) is 16.8 Å². The van der Waals surface area contributed by atoms with Crippen molar-refractivity contribution >= 4 is 28.8 Å². The second-order valence-corrected chi connectivity index (χ2v) is 11.6. The number of aryl methyl sites for hydroxylation is 1. The maximum Gasteiger partial charge on any atom is 0.290 e. The van der Waals surface area contributed by atoms with E-state index in [1.807, 2.05) is 24.3 Å². The Kier molecular flexibility index (Phi) is 8.82. The smallest absolute Gasteiger partial charge is 0.290 e. The summed E-state index contributed by atoms with van der Waals surface area (Å²) in [6, 6.07) is 15.7. The number of aliphatic hydroxyl groups excluding tert-OH is 1. The fraction of sp³-hybridized carbons (Fsp3) is 0.273. The molecule has 0 aliphatic carbocycles. The van der Waals surface area contributed by atoms with E-state index in [0.717, 1.165) is 5.56 Å². The molecule has 0 fully saturated rings. The minimum atomic E-state index is -1.35. The molecule has 0 saturated heterocycles. The van der Waals surface area contributed by atoms with Crippen molar-refractivity contribution in [3.63, 3.8) is 0 Å². The van der Waals surface area contributed by atoms with Crippen LogP contribution in [0.4, 0.5) is 21.6 Å². The second-order valence-electron chi connectivity index (χ2n) is 11.6. The van der Waals surface area contributed by atoms with Crippen LogP contribution in [0.25, 0.3) is 17.0 Å². The SMILES string of the molecule is C=C(Nc1c(F)ccc(-c2cc(Nc3ccc(C(O)C(=O)N(C)C)cn3)c(=O)n(C)n2)c1C)c1ccc(C(C)(C)C)cc1. The molecule has 0 saturated carbocycles. The van der Waals surface area contributed by atoms with Crippen molar-refractivity contribution in [1.29, 1.82) is 0 Å². The van der Waals surface area contributed by atoms with Crippen molar-refractivity contribution in [1.82, 2.24) is 19.7 Å². The van der Waals surface area contributed by atoms with Gasteiger partial charge in [0, 0.05) is 44.2 Å². The van der Waals surface area contributed by atoms with Crippen LogP contribution in [0.3, 0.4) is 0 Å². The fourth-order valence-corrected chi connectivity index (χ4v) is 4.50. The predicted molar refractivity (Wildman–Crippen MR) is 169 cm³/mol. The molecule has 0 aliphatic heterocycles. The number of halogens is 1. The van der Waals surface area contributed by atoms with Crippen molar-refractivity contribution in [3.05, 3.63) is 106 Å². The zero-order chi connectivity index (χ0) is 31.6. The minimum Gasteiger partial charge on any atom is -0.378 e. The summed E-state index contributed by atoms with van der Waals surface area (Å²) in [5, 5.41) is 20.8. The van der Waals surface area contributed by atoms with Gasteiger partial charge in [-0.25, -0.2) is 14.1 Å². The molecule has 1 unspecified atom stereocenters. The number of hydrogen-bond acceptors (Lipinski definition) is 7. The Bertz CT molecular complexity index is 1720. The number of aliphatic hydroxyl groups is 1. The monoisotopic (exact) mass is 584 g/mol. The van der Waals surface area contributed by atoms with E-state index in [2.05, 4.69) is 48.1 Å². The second kappa shape index (κ2) is 12.2. The average molecular weight is 585 g/mol. The van der Waals surface area contributed by atoms with Gasteiger partial charge in [-0.05, 0) is 53.3 Å². The first-order valence-electron chi connectivity index (χ1n) is 13.7. The standard InChI is InChI=1S/C33H37FN6O3/c1-19-24(14-15-25(34)29(19)36-20(2)21-9-12-23(13-10-21)33(3,4)5)26-17-27(31(42)40(8)38-26)37-28-16-11-22(18-35-28)30(41)32(43)39(6)7/h9-18,30,36,41H,2H2,1,3-8H3,(H,35,37). The van der Waals surface area contributed by atoms with Gasteiger partial charge in [0.05, 0.1) is 11.4 Å². The highest BCUT2D eigenvalue weighted by atomic mass is 19.1. The number of carbonyl (C=O) groups is 1. The van der Waals surface area contributed by atoms with Gasteiger partial charge in [-0.3, -0.25) is 9.59 Å². The summed E-state index contributed by atoms with van der Waals surface area (Å²) in [4.78, 5) is 30.5. The zero-order valence-corrected chi connectivity index (χ0v) is 25.5. The average Bonchev–Trinajstić information content (AvgIpc) is 2.96. The lowest BCUT2D eigenvalue weighted by Crippen LogP contribution is -2.28. The molecule has 2 heterocycles. The van der Waals surface area contributed by atoms with Crippen LogP contribution in [-0.2, 0) is 17.3 Å². The topological polar surface area (TPSA) is 112 Å². The van der Waals surface area contributed by atoms with Crippen LogP contribution in [0.5, 0.6) is 0 Å². The molecule has 4 aromatic rings. The normalized spacial score (nSPS) is 12.0. The number of benzene rings is 2. The number of carbonyl (C=O) groups excluding carboxylic acids is 1. The lowest BCUT2D eigenvalue weighted by Gasteiger charge is -2.20. The van der Waals surface area contributed by atoms with Gasteiger partial charge in [-0.15, -0.1) is 0 Å². The number of anilines is 3. The molecular formula is C33H37FN6O3. The molecule has 0 aliphatic rings. The van der Waals surface area contributed by atoms with Crippen LogP contribution in [0.2, 0.25) is 0 Å². The van der Waals surface area contributed by atoms with Crippen molar-refractivity contribution in [2.75, 3.05) is 24.7 Å². The Morgan fingerprint density at radius 3 is 2.35 bits per heavy atom. The van der Waals surface area contributed by atoms with E-state index in [4.69, 9.17) is 0 Å². The van der Waals surface area contributed by atoms with E-state index in [0.29, 0.717) is 33.9 Å². The summed E-state index contributed by atoms with van der Waals surface area (Å²) in [5.74, 6) is -0.591. The molecule has 4 rings (SSSR count). The van der Waals surface area contributed by atoms with E-state index < -0.39 is 23.4 Å². The number of pyridine rings is 1. The minimum absolute atomic E-state index is 0.00911. The van der Waals surface area contributed by atoms with E-state index in [1.54, 1.807) is 45.3 Å². The molecule has 10 heteroatoms. The lowest BCUT2D eigenvalue weighted by atomic mass is 9.86. The Balaban J connectivity index is 1.62. The molecule has 2 aromatic carbocycles. The molecule has 0 spiro atoms. The van der Waals surface area contributed by atoms with Crippen molar-refractivity contribution < 1.29 is 14.3 Å². The molecule has 1 atom stereocenters. The van der Waals surface area contributed by atoms with Gasteiger partial charge >= 0.3 is 0 Å². The molecule has 2 aromatic heterocycles. The van der Waals surface area contributed by atoms with Crippen LogP contribution in [0, 0.1) is 12.7 Å². The largest absolute Gasteiger partial charge is 0.378 e. The Morgan fingerprint density at radius 2 is 1.77 bits per heavy atom. The van der Waals surface area contributed by atoms with Crippen LogP contribution < -0.4 is 16.2 Å². The number of aromatic nitrogens is 3. The van der Waals surface area contributed by atoms with Gasteiger partial charge < -0.3 is 20.6 Å². The number of nitrogens with zero attached hydrogens (tertiary/aromatic N) is 4. The predicted octanol–water partition coefficient (Wildman–Crippen LogP) is 5.54. The van der Waals surface area contributed by atoms with E-state index in [1.165, 1.54) is 34.5 Å². The van der Waals surface area contributed by atoms with E-state index in [9.17, 15) is 14.7 Å². The summed E-state index contributed by atoms with van der Waals surface area (Å²) >= 11 is 0. The molecule has 43 heavy (non-hydrogen) atoms. The molecule has 0 radical (unpaired) electrons. The van der Waals surface area contributed by atoms with Crippen LogP contribution >= 0.6 is 0 Å². The van der Waals surface area contributed by atoms with Gasteiger partial charge in [0.15, 0.2) is 6.10 Å². The van der Waals surface area contributed by atoms with E-state index >= 15 is 4.39 Å². The highest BCUT2D eigenvalue weighted by molar-refractivity contribution is 5.82. The fourth-order valence-electron chi connectivity index (χ4n) is 4.50. The van der Waals surface area contributed by atoms with Crippen molar-refractivity contribution in [2.24, 2.45) is 7.05 Å². The lowest BCUT2D eigenvalue weighted by molar-refractivity contribution is -0.137. The van der Waals surface area contributed by atoms with Crippen molar-refractivity contribution in [3.8, 4) is 11.3 Å². The van der Waals surface area contributed by atoms with Crippen LogP contribution in [-0.4, -0.2) is 44.8 Å². The maximum atomic E-state index is 15.1. The van der Waals surface area contributed by atoms with Crippen molar-refractivity contribution in [2.45, 2.75) is 39.2 Å². The molecular weight excluding hydrogens is 547 g/mol. The number of amides is 1. The van der Waals surface area contributed by atoms with Crippen LogP contribution in [0.15, 0.2) is 72.2 Å². The summed E-state index contributed by atoms with van der Waals surface area (Å²) < 4.78 is 16.3. The quantitative estimate of drug-likeness (QED) is 0.250. The van der Waals surface area contributed by atoms with Gasteiger partial charge in [-0.2, -0.15) is 5.10 Å². The number of nitrogens with one attached hydrogen (secondary N) is 2. The summed E-state index contributed by atoms with van der Waals surface area (Å²) in [6.45, 7) is 12.3. The van der Waals surface area contributed by atoms with Gasteiger partial charge in [0.2, 0.25) is 0 Å². The molecule has 1 amide bonds. The number of likely N-dealkylation sites (N-methyl/N-ethyl adjacent to an activating group) is 1. The van der Waals surface area contributed by atoms with Gasteiger partial charge in [0.1, 0.15) is 17.3 Å². The van der Waals surface area contributed by atoms with Crippen LogP contribution in [0.1, 0.15) is 49.1 Å². The molecule has 0 bridgehead atoms. The first kappa shape index (κ1) is 31.1. The summed E-state index contributed by atoms with van der Waals surface area (Å²) in [6.07, 6.45) is 0.0205. The summed E-state index contributed by atoms with van der Waals surface area (Å²) in [5.41, 5.74) is 4.59. The number of rotatable bonds is 8. The third-order valence-corrected chi connectivity index (χ3v) is 7.17. The van der Waals surface area contributed by atoms with Gasteiger partial charge in [0.25, 0.3) is 11.5 Å². The zero-order valence-electron chi connectivity index (χ0n) is 25.5. The Morgan fingerprint density at radius 1 is 1.09 bits per heavy atom. The molecule has 3 N–H and O–H groups in total. The maximum absolute atomic E-state index is 15.1.